The number of carboxylic acid groups (broad SMARTS) is 1. The molecule has 3 atom stereocenters. The first-order chi connectivity index (χ1) is 14.6. The van der Waals surface area contributed by atoms with Gasteiger partial charge in [0.2, 0.25) is 5.91 Å². The molecule has 0 bridgehead atoms. The van der Waals surface area contributed by atoms with E-state index in [1.807, 2.05) is 11.6 Å². The fourth-order valence-electron chi connectivity index (χ4n) is 5.05. The van der Waals surface area contributed by atoms with Gasteiger partial charge in [0.25, 0.3) is 6.47 Å². The standard InChI is InChI=1S/C21H24FN3OS.CH2O2/c22-17-6-2-5-15(7-17)20-19-11-24(10-18-12-27-13-23-18)8-16(19)9-25(20)21(26)14-3-1-4-14;2-1-3/h2,5-7,12-14,16,19-20H,1,3-4,8-11H2;1H,(H,2,3)/t16-,19-,20+;/m0./s1. The van der Waals surface area contributed by atoms with Crippen molar-refractivity contribution in [1.29, 1.82) is 0 Å². The lowest BCUT2D eigenvalue weighted by molar-refractivity contribution is -0.139. The highest BCUT2D eigenvalue weighted by atomic mass is 32.1. The van der Waals surface area contributed by atoms with Crippen molar-refractivity contribution in [2.24, 2.45) is 17.8 Å². The predicted octanol–water partition coefficient (Wildman–Crippen LogP) is 3.41. The molecule has 0 spiro atoms. The monoisotopic (exact) mass is 431 g/mol. The van der Waals surface area contributed by atoms with Gasteiger partial charge in [-0.15, -0.1) is 11.3 Å². The van der Waals surface area contributed by atoms with Gasteiger partial charge in [-0.2, -0.15) is 0 Å². The molecule has 1 aromatic heterocycles. The zero-order valence-electron chi connectivity index (χ0n) is 16.7. The third-order valence-corrected chi connectivity index (χ3v) is 7.17. The number of fused-ring (bicyclic) bond motifs is 1. The molecule has 1 saturated carbocycles. The number of hydrogen-bond donors (Lipinski definition) is 1. The number of benzene rings is 1. The van der Waals surface area contributed by atoms with Crippen LogP contribution < -0.4 is 0 Å². The number of rotatable bonds is 4. The van der Waals surface area contributed by atoms with Crippen molar-refractivity contribution in [1.82, 2.24) is 14.8 Å². The highest BCUT2D eigenvalue weighted by molar-refractivity contribution is 7.07. The Morgan fingerprint density at radius 2 is 2.10 bits per heavy atom. The minimum Gasteiger partial charge on any atom is -0.483 e. The molecule has 5 rings (SSSR count). The van der Waals surface area contributed by atoms with Gasteiger partial charge in [-0.25, -0.2) is 9.37 Å². The predicted molar refractivity (Wildman–Crippen MR) is 111 cm³/mol. The van der Waals surface area contributed by atoms with Crippen molar-refractivity contribution >= 4 is 23.7 Å². The number of amides is 1. The van der Waals surface area contributed by atoms with Crippen LogP contribution >= 0.6 is 11.3 Å². The fourth-order valence-corrected chi connectivity index (χ4v) is 5.59. The van der Waals surface area contributed by atoms with Gasteiger partial charge in [-0.05, 0) is 36.5 Å². The van der Waals surface area contributed by atoms with Gasteiger partial charge in [-0.1, -0.05) is 18.6 Å². The molecule has 6 nitrogen and oxygen atoms in total. The van der Waals surface area contributed by atoms with Gasteiger partial charge in [0.1, 0.15) is 5.82 Å². The molecule has 1 amide bonds. The van der Waals surface area contributed by atoms with Crippen LogP contribution in [-0.4, -0.2) is 51.9 Å². The van der Waals surface area contributed by atoms with E-state index in [0.717, 1.165) is 56.7 Å². The van der Waals surface area contributed by atoms with E-state index in [9.17, 15) is 9.18 Å². The highest BCUT2D eigenvalue weighted by Gasteiger charge is 2.50. The Hall–Kier alpha value is -2.32. The van der Waals surface area contributed by atoms with Gasteiger partial charge in [-0.3, -0.25) is 14.5 Å². The summed E-state index contributed by atoms with van der Waals surface area (Å²) in [5.74, 6) is 1.08. The zero-order valence-corrected chi connectivity index (χ0v) is 17.5. The van der Waals surface area contributed by atoms with Crippen molar-refractivity contribution in [2.45, 2.75) is 31.8 Å². The number of nitrogens with zero attached hydrogens (tertiary/aromatic N) is 3. The van der Waals surface area contributed by atoms with E-state index in [2.05, 4.69) is 20.2 Å². The topological polar surface area (TPSA) is 73.7 Å². The molecule has 3 fully saturated rings. The van der Waals surface area contributed by atoms with Crippen LogP contribution in [-0.2, 0) is 16.1 Å². The summed E-state index contributed by atoms with van der Waals surface area (Å²) in [7, 11) is 0. The van der Waals surface area contributed by atoms with Crippen LogP contribution in [0.25, 0.3) is 0 Å². The lowest BCUT2D eigenvalue weighted by atomic mass is 9.83. The van der Waals surface area contributed by atoms with Crippen LogP contribution in [0, 0.1) is 23.6 Å². The maximum Gasteiger partial charge on any atom is 0.290 e. The summed E-state index contributed by atoms with van der Waals surface area (Å²) in [6, 6.07) is 6.86. The third kappa shape index (κ3) is 4.25. The van der Waals surface area contributed by atoms with Crippen molar-refractivity contribution in [2.75, 3.05) is 19.6 Å². The molecule has 30 heavy (non-hydrogen) atoms. The quantitative estimate of drug-likeness (QED) is 0.751. The van der Waals surface area contributed by atoms with Crippen LogP contribution in [0.3, 0.4) is 0 Å². The van der Waals surface area contributed by atoms with Gasteiger partial charge in [0, 0.05) is 43.4 Å². The first kappa shape index (κ1) is 20.9. The van der Waals surface area contributed by atoms with E-state index in [1.165, 1.54) is 6.07 Å². The Kier molecular flexibility index (Phi) is 6.43. The Bertz CT molecular complexity index is 874. The van der Waals surface area contributed by atoms with E-state index in [4.69, 9.17) is 9.90 Å². The zero-order chi connectivity index (χ0) is 21.1. The second kappa shape index (κ2) is 9.22. The first-order valence-electron chi connectivity index (χ1n) is 10.3. The number of aromatic nitrogens is 1. The average Bonchev–Trinajstić information content (AvgIpc) is 3.37. The number of thiazole rings is 1. The molecule has 2 saturated heterocycles. The molecule has 1 N–H and O–H groups in total. The van der Waals surface area contributed by atoms with E-state index in [1.54, 1.807) is 23.5 Å². The SMILES string of the molecule is O=C(C1CCC1)N1C[C@@H]2CN(Cc3cscn3)C[C@@H]2[C@H]1c1cccc(F)c1.O=CO. The molecule has 3 aliphatic rings. The van der Waals surface area contributed by atoms with Crippen molar-refractivity contribution in [3.63, 3.8) is 0 Å². The molecule has 2 aliphatic heterocycles. The minimum absolute atomic E-state index is 0.000709. The number of hydrogen-bond acceptors (Lipinski definition) is 5. The summed E-state index contributed by atoms with van der Waals surface area (Å²) >= 11 is 1.63. The minimum atomic E-state index is -0.250. The highest BCUT2D eigenvalue weighted by Crippen LogP contribution is 2.47. The summed E-state index contributed by atoms with van der Waals surface area (Å²) < 4.78 is 13.9. The Balaban J connectivity index is 0.000000687. The maximum atomic E-state index is 13.9. The molecule has 0 unspecified atom stereocenters. The summed E-state index contributed by atoms with van der Waals surface area (Å²) in [5.41, 5.74) is 3.94. The van der Waals surface area contributed by atoms with E-state index < -0.39 is 0 Å². The van der Waals surface area contributed by atoms with Gasteiger partial charge < -0.3 is 10.0 Å². The molecular formula is C22H26FN3O3S. The molecule has 0 radical (unpaired) electrons. The van der Waals surface area contributed by atoms with Crippen molar-refractivity contribution in [3.8, 4) is 0 Å². The van der Waals surface area contributed by atoms with Crippen molar-refractivity contribution < 1.29 is 19.1 Å². The first-order valence-corrected chi connectivity index (χ1v) is 11.3. The lowest BCUT2D eigenvalue weighted by Crippen LogP contribution is -2.41. The average molecular weight is 432 g/mol. The Morgan fingerprint density at radius 3 is 2.73 bits per heavy atom. The smallest absolute Gasteiger partial charge is 0.290 e. The molecular weight excluding hydrogens is 405 g/mol. The van der Waals surface area contributed by atoms with Crippen LogP contribution in [0.15, 0.2) is 35.2 Å². The maximum absolute atomic E-state index is 13.9. The lowest BCUT2D eigenvalue weighted by Gasteiger charge is -2.35. The molecule has 160 valence electrons. The summed E-state index contributed by atoms with van der Waals surface area (Å²) in [6.45, 7) is 3.35. The van der Waals surface area contributed by atoms with E-state index in [-0.39, 0.29) is 30.2 Å². The normalized spacial score (nSPS) is 25.9. The summed E-state index contributed by atoms with van der Waals surface area (Å²) in [4.78, 5) is 30.4. The van der Waals surface area contributed by atoms with Crippen LogP contribution in [0.1, 0.15) is 36.6 Å². The van der Waals surface area contributed by atoms with E-state index in [0.29, 0.717) is 11.8 Å². The Labute approximate surface area is 179 Å². The largest absolute Gasteiger partial charge is 0.483 e. The van der Waals surface area contributed by atoms with Crippen molar-refractivity contribution in [3.05, 3.63) is 52.2 Å². The second-order valence-corrected chi connectivity index (χ2v) is 9.04. The fraction of sp³-hybridized carbons (Fsp3) is 0.500. The molecule has 3 heterocycles. The second-order valence-electron chi connectivity index (χ2n) is 8.32. The third-order valence-electron chi connectivity index (χ3n) is 6.54. The number of carbonyl (C=O) groups excluding carboxylic acids is 1. The molecule has 1 aliphatic carbocycles. The number of carbonyl (C=O) groups is 2. The molecule has 8 heteroatoms. The molecule has 2 aromatic rings. The Morgan fingerprint density at radius 1 is 1.30 bits per heavy atom. The van der Waals surface area contributed by atoms with Gasteiger partial charge in [0.15, 0.2) is 0 Å². The van der Waals surface area contributed by atoms with Crippen LogP contribution in [0.4, 0.5) is 4.39 Å². The van der Waals surface area contributed by atoms with Crippen LogP contribution in [0.2, 0.25) is 0 Å². The molecule has 1 aromatic carbocycles. The number of likely N-dealkylation sites (tertiary alicyclic amines) is 2. The van der Waals surface area contributed by atoms with E-state index >= 15 is 0 Å². The number of halogens is 1. The van der Waals surface area contributed by atoms with Gasteiger partial charge >= 0.3 is 0 Å². The van der Waals surface area contributed by atoms with Gasteiger partial charge in [0.05, 0.1) is 17.2 Å². The summed E-state index contributed by atoms with van der Waals surface area (Å²) in [5, 5.41) is 8.99. The summed E-state index contributed by atoms with van der Waals surface area (Å²) in [6.07, 6.45) is 3.18. The van der Waals surface area contributed by atoms with Crippen LogP contribution in [0.5, 0.6) is 0 Å².